The lowest BCUT2D eigenvalue weighted by molar-refractivity contribution is -0.142. The van der Waals surface area contributed by atoms with Crippen molar-refractivity contribution >= 4 is 17.7 Å². The summed E-state index contributed by atoms with van der Waals surface area (Å²) in [5.74, 6) is 0.672. The lowest BCUT2D eigenvalue weighted by Crippen LogP contribution is -2.10. The van der Waals surface area contributed by atoms with Gasteiger partial charge in [0.15, 0.2) is 0 Å². The second kappa shape index (κ2) is 11.3. The number of thioether (sulfide) groups is 1. The largest absolute Gasteiger partial charge is 0.458 e. The molecule has 4 heteroatoms. The summed E-state index contributed by atoms with van der Waals surface area (Å²) in [7, 11) is 0. The highest BCUT2D eigenvalue weighted by atomic mass is 32.2. The third-order valence-electron chi connectivity index (χ3n) is 4.26. The molecule has 1 aliphatic rings. The maximum atomic E-state index is 12.0. The number of aromatic nitrogens is 1. The Morgan fingerprint density at radius 2 is 2.08 bits per heavy atom. The van der Waals surface area contributed by atoms with E-state index < -0.39 is 0 Å². The maximum absolute atomic E-state index is 12.0. The summed E-state index contributed by atoms with van der Waals surface area (Å²) < 4.78 is 5.46. The summed E-state index contributed by atoms with van der Waals surface area (Å²) in [6, 6.07) is 5.84. The van der Waals surface area contributed by atoms with Crippen LogP contribution in [0.2, 0.25) is 0 Å². The fourth-order valence-electron chi connectivity index (χ4n) is 2.83. The minimum atomic E-state index is -0.0624. The van der Waals surface area contributed by atoms with Crippen molar-refractivity contribution in [3.63, 3.8) is 0 Å². The Balaban J connectivity index is 1.60. The van der Waals surface area contributed by atoms with Gasteiger partial charge in [-0.25, -0.2) is 4.98 Å². The second-order valence-corrected chi connectivity index (χ2v) is 7.41. The van der Waals surface area contributed by atoms with Gasteiger partial charge >= 0.3 is 5.97 Å². The van der Waals surface area contributed by atoms with E-state index in [1.54, 1.807) is 18.0 Å². The first-order chi connectivity index (χ1) is 11.8. The molecule has 1 saturated heterocycles. The topological polar surface area (TPSA) is 39.2 Å². The molecule has 1 aromatic heterocycles. The summed E-state index contributed by atoms with van der Waals surface area (Å²) >= 11 is 1.63. The zero-order chi connectivity index (χ0) is 17.0. The minimum Gasteiger partial charge on any atom is -0.458 e. The first-order valence-corrected chi connectivity index (χ1v) is 10.2. The molecule has 1 fully saturated rings. The molecule has 2 atom stereocenters. The van der Waals surface area contributed by atoms with Crippen LogP contribution in [0.3, 0.4) is 0 Å². The van der Waals surface area contributed by atoms with Crippen molar-refractivity contribution < 1.29 is 9.53 Å². The molecule has 1 aliphatic heterocycles. The number of rotatable bonds is 11. The van der Waals surface area contributed by atoms with Gasteiger partial charge in [0.25, 0.3) is 0 Å². The molecule has 0 N–H and O–H groups in total. The minimum absolute atomic E-state index is 0.0132. The van der Waals surface area contributed by atoms with Gasteiger partial charge in [-0.2, -0.15) is 0 Å². The van der Waals surface area contributed by atoms with Crippen LogP contribution in [0.5, 0.6) is 0 Å². The van der Waals surface area contributed by atoms with Gasteiger partial charge in [0.1, 0.15) is 6.10 Å². The van der Waals surface area contributed by atoms with E-state index in [2.05, 4.69) is 24.1 Å². The van der Waals surface area contributed by atoms with Crippen LogP contribution >= 0.6 is 11.8 Å². The molecule has 0 saturated carbocycles. The standard InChI is InChI=1S/C20H29NO2S/c1-2-3-4-5-6-7-8-9-12-18-15-17(20(22)23-18)16-24-19-13-10-11-14-21-19/h9-14,17-18H,2-8,15-16H2,1H3/b12-9+. The zero-order valence-electron chi connectivity index (χ0n) is 14.7. The lowest BCUT2D eigenvalue weighted by atomic mass is 10.1. The Morgan fingerprint density at radius 3 is 2.88 bits per heavy atom. The molecular formula is C20H29NO2S. The Labute approximate surface area is 150 Å². The molecule has 1 aromatic rings. The Morgan fingerprint density at radius 1 is 1.25 bits per heavy atom. The predicted octanol–water partition coefficient (Wildman–Crippen LogP) is 5.41. The van der Waals surface area contributed by atoms with E-state index in [9.17, 15) is 4.79 Å². The molecule has 3 nitrogen and oxygen atoms in total. The van der Waals surface area contributed by atoms with Crippen LogP contribution < -0.4 is 0 Å². The van der Waals surface area contributed by atoms with Crippen molar-refractivity contribution in [1.29, 1.82) is 0 Å². The van der Waals surface area contributed by atoms with E-state index in [4.69, 9.17) is 4.74 Å². The average Bonchev–Trinajstić information content (AvgIpc) is 2.96. The number of cyclic esters (lactones) is 1. The van der Waals surface area contributed by atoms with Crippen molar-refractivity contribution in [1.82, 2.24) is 4.98 Å². The molecule has 132 valence electrons. The van der Waals surface area contributed by atoms with E-state index in [1.807, 2.05) is 18.2 Å². The fourth-order valence-corrected chi connectivity index (χ4v) is 3.79. The molecule has 0 amide bonds. The van der Waals surface area contributed by atoms with Gasteiger partial charge in [-0.15, -0.1) is 11.8 Å². The molecule has 2 rings (SSSR count). The summed E-state index contributed by atoms with van der Waals surface area (Å²) in [5, 5.41) is 0.965. The maximum Gasteiger partial charge on any atom is 0.310 e. The third kappa shape index (κ3) is 7.08. The van der Waals surface area contributed by atoms with Gasteiger partial charge in [0.2, 0.25) is 0 Å². The molecule has 2 heterocycles. The number of allylic oxidation sites excluding steroid dienone is 1. The fraction of sp³-hybridized carbons (Fsp3) is 0.600. The van der Waals surface area contributed by atoms with Gasteiger partial charge < -0.3 is 4.74 Å². The molecule has 24 heavy (non-hydrogen) atoms. The van der Waals surface area contributed by atoms with Crippen molar-refractivity contribution in [3.05, 3.63) is 36.5 Å². The number of nitrogens with zero attached hydrogens (tertiary/aromatic N) is 1. The number of carbonyl (C=O) groups excluding carboxylic acids is 1. The molecule has 2 unspecified atom stereocenters. The number of hydrogen-bond donors (Lipinski definition) is 0. The number of carbonyl (C=O) groups is 1. The highest BCUT2D eigenvalue weighted by molar-refractivity contribution is 7.99. The summed E-state index contributed by atoms with van der Waals surface area (Å²) in [5.41, 5.74) is 0. The highest BCUT2D eigenvalue weighted by Gasteiger charge is 2.32. The average molecular weight is 348 g/mol. The van der Waals surface area contributed by atoms with Gasteiger partial charge in [0.05, 0.1) is 10.9 Å². The van der Waals surface area contributed by atoms with E-state index in [1.165, 1.54) is 38.5 Å². The predicted molar refractivity (Wildman–Crippen MR) is 100 cm³/mol. The number of ether oxygens (including phenoxy) is 1. The van der Waals surface area contributed by atoms with E-state index in [-0.39, 0.29) is 18.0 Å². The van der Waals surface area contributed by atoms with Gasteiger partial charge in [-0.05, 0) is 31.1 Å². The third-order valence-corrected chi connectivity index (χ3v) is 5.37. The van der Waals surface area contributed by atoms with Crippen LogP contribution in [0.1, 0.15) is 58.3 Å². The highest BCUT2D eigenvalue weighted by Crippen LogP contribution is 2.28. The van der Waals surface area contributed by atoms with Gasteiger partial charge in [-0.1, -0.05) is 51.2 Å². The monoisotopic (exact) mass is 347 g/mol. The van der Waals surface area contributed by atoms with Crippen LogP contribution in [-0.4, -0.2) is 22.8 Å². The van der Waals surface area contributed by atoms with E-state index in [0.717, 1.165) is 23.6 Å². The number of pyridine rings is 1. The molecular weight excluding hydrogens is 318 g/mol. The number of hydrogen-bond acceptors (Lipinski definition) is 4. The first kappa shape index (κ1) is 19.0. The molecule has 0 bridgehead atoms. The van der Waals surface area contributed by atoms with E-state index in [0.29, 0.717) is 0 Å². The van der Waals surface area contributed by atoms with Gasteiger partial charge in [0, 0.05) is 18.4 Å². The summed E-state index contributed by atoms with van der Waals surface area (Å²) in [6.45, 7) is 2.24. The number of esters is 1. The van der Waals surface area contributed by atoms with Crippen LogP contribution in [0.4, 0.5) is 0 Å². The number of unbranched alkanes of at least 4 members (excludes halogenated alkanes) is 6. The molecule has 0 aromatic carbocycles. The van der Waals surface area contributed by atoms with Crippen molar-refractivity contribution in [2.45, 2.75) is 69.4 Å². The van der Waals surface area contributed by atoms with Crippen molar-refractivity contribution in [2.24, 2.45) is 5.92 Å². The second-order valence-electron chi connectivity index (χ2n) is 6.37. The van der Waals surface area contributed by atoms with Crippen molar-refractivity contribution in [3.8, 4) is 0 Å². The quantitative estimate of drug-likeness (QED) is 0.232. The van der Waals surface area contributed by atoms with Crippen molar-refractivity contribution in [2.75, 3.05) is 5.75 Å². The normalized spacial score (nSPS) is 20.6. The molecule has 0 radical (unpaired) electrons. The Hall–Kier alpha value is -1.29. The summed E-state index contributed by atoms with van der Waals surface area (Å²) in [4.78, 5) is 16.2. The van der Waals surface area contributed by atoms with Crippen LogP contribution in [0.25, 0.3) is 0 Å². The summed E-state index contributed by atoms with van der Waals surface area (Å²) in [6.07, 6.45) is 15.8. The van der Waals surface area contributed by atoms with E-state index >= 15 is 0 Å². The van der Waals surface area contributed by atoms with Gasteiger partial charge in [-0.3, -0.25) is 4.79 Å². The lowest BCUT2D eigenvalue weighted by Gasteiger charge is -2.03. The first-order valence-electron chi connectivity index (χ1n) is 9.20. The van der Waals surface area contributed by atoms with Crippen LogP contribution in [0, 0.1) is 5.92 Å². The molecule has 0 spiro atoms. The Kier molecular flexibility index (Phi) is 8.96. The smallest absolute Gasteiger partial charge is 0.310 e. The SMILES string of the molecule is CCCCCCCC/C=C/C1CC(CSc2ccccn2)C(=O)O1. The van der Waals surface area contributed by atoms with Crippen LogP contribution in [0.15, 0.2) is 41.6 Å². The zero-order valence-corrected chi connectivity index (χ0v) is 15.5. The molecule has 0 aliphatic carbocycles. The van der Waals surface area contributed by atoms with Crippen LogP contribution in [-0.2, 0) is 9.53 Å². The Bertz CT molecular complexity index is 504.